The summed E-state index contributed by atoms with van der Waals surface area (Å²) < 4.78 is 47.0. The number of nitrogens with one attached hydrogen (secondary N) is 1. The lowest BCUT2D eigenvalue weighted by Gasteiger charge is -2.27. The van der Waals surface area contributed by atoms with Crippen molar-refractivity contribution in [3.8, 4) is 0 Å². The van der Waals surface area contributed by atoms with E-state index < -0.39 is 19.9 Å². The van der Waals surface area contributed by atoms with E-state index in [2.05, 4.69) is 5.32 Å². The Kier molecular flexibility index (Phi) is 5.30. The highest BCUT2D eigenvalue weighted by Gasteiger charge is 2.23. The SMILES string of the molecule is CS(=O)(=O)c1cc(S(N)(=O)=O)ccc1NCC(=O)N1CCc2sccc2C1. The molecule has 0 fully saturated rings. The third-order valence-corrected chi connectivity index (χ3v) is 7.34. The minimum Gasteiger partial charge on any atom is -0.375 e. The van der Waals surface area contributed by atoms with E-state index in [0.29, 0.717) is 13.1 Å². The number of hydrogen-bond acceptors (Lipinski definition) is 7. The van der Waals surface area contributed by atoms with Crippen LogP contribution in [0.3, 0.4) is 0 Å². The molecule has 3 N–H and O–H groups in total. The van der Waals surface area contributed by atoms with Crippen LogP contribution >= 0.6 is 11.3 Å². The van der Waals surface area contributed by atoms with E-state index in [-0.39, 0.29) is 27.9 Å². The first-order valence-corrected chi connectivity index (χ1v) is 12.3. The summed E-state index contributed by atoms with van der Waals surface area (Å²) >= 11 is 1.68. The van der Waals surface area contributed by atoms with Crippen LogP contribution in [0.1, 0.15) is 10.4 Å². The molecule has 1 aromatic heterocycles. The van der Waals surface area contributed by atoms with Crippen molar-refractivity contribution in [2.24, 2.45) is 5.14 Å². The fourth-order valence-corrected chi connectivity index (χ4v) is 5.26. The first-order valence-electron chi connectivity index (χ1n) is 7.99. The van der Waals surface area contributed by atoms with Crippen LogP contribution in [0.2, 0.25) is 0 Å². The molecule has 0 bridgehead atoms. The molecule has 3 rings (SSSR count). The van der Waals surface area contributed by atoms with Crippen LogP contribution in [0.5, 0.6) is 0 Å². The number of sulfonamides is 1. The van der Waals surface area contributed by atoms with E-state index in [9.17, 15) is 21.6 Å². The molecule has 1 aromatic carbocycles. The molecule has 146 valence electrons. The Bertz CT molecular complexity index is 1090. The number of thiophene rings is 1. The van der Waals surface area contributed by atoms with Gasteiger partial charge in [-0.05, 0) is 41.6 Å². The number of amides is 1. The number of nitrogens with zero attached hydrogens (tertiary/aromatic N) is 1. The second-order valence-corrected chi connectivity index (χ2v) is 10.8. The molecule has 0 radical (unpaired) electrons. The van der Waals surface area contributed by atoms with Crippen LogP contribution in [-0.4, -0.2) is 47.0 Å². The highest BCUT2D eigenvalue weighted by atomic mass is 32.2. The number of sulfone groups is 1. The number of fused-ring (bicyclic) bond motifs is 1. The Morgan fingerprint density at radius 1 is 1.26 bits per heavy atom. The number of carbonyl (C=O) groups excluding carboxylic acids is 1. The van der Waals surface area contributed by atoms with Crippen LogP contribution in [-0.2, 0) is 37.6 Å². The van der Waals surface area contributed by atoms with Crippen molar-refractivity contribution >= 4 is 42.8 Å². The highest BCUT2D eigenvalue weighted by molar-refractivity contribution is 7.91. The summed E-state index contributed by atoms with van der Waals surface area (Å²) in [6.45, 7) is 1.04. The summed E-state index contributed by atoms with van der Waals surface area (Å²) in [4.78, 5) is 15.0. The molecular formula is C16H19N3O5S3. The van der Waals surface area contributed by atoms with Crippen molar-refractivity contribution in [3.63, 3.8) is 0 Å². The molecule has 27 heavy (non-hydrogen) atoms. The smallest absolute Gasteiger partial charge is 0.242 e. The quantitative estimate of drug-likeness (QED) is 0.724. The predicted octanol–water partition coefficient (Wildman–Crippen LogP) is 0.796. The van der Waals surface area contributed by atoms with Gasteiger partial charge in [0.15, 0.2) is 9.84 Å². The molecule has 1 aliphatic rings. The van der Waals surface area contributed by atoms with E-state index >= 15 is 0 Å². The molecule has 8 nitrogen and oxygen atoms in total. The summed E-state index contributed by atoms with van der Waals surface area (Å²) in [7, 11) is -7.77. The van der Waals surface area contributed by atoms with Gasteiger partial charge in [0.25, 0.3) is 0 Å². The van der Waals surface area contributed by atoms with Crippen LogP contribution < -0.4 is 10.5 Å². The Morgan fingerprint density at radius 2 is 2.00 bits per heavy atom. The molecule has 0 aliphatic carbocycles. The fourth-order valence-electron chi connectivity index (χ4n) is 2.88. The standard InChI is InChI=1S/C16H19N3O5S3/c1-26(21,22)15-8-12(27(17,23)24)2-3-13(15)18-9-16(20)19-6-4-14-11(10-19)5-7-25-14/h2-3,5,7-8,18H,4,6,9-10H2,1H3,(H2,17,23,24). The van der Waals surface area contributed by atoms with Crippen molar-refractivity contribution in [2.45, 2.75) is 22.8 Å². The summed E-state index contributed by atoms with van der Waals surface area (Å²) in [5.74, 6) is -0.165. The Balaban J connectivity index is 1.77. The lowest BCUT2D eigenvalue weighted by Crippen LogP contribution is -2.38. The highest BCUT2D eigenvalue weighted by Crippen LogP contribution is 2.26. The second-order valence-electron chi connectivity index (χ2n) is 6.26. The van der Waals surface area contributed by atoms with Crippen molar-refractivity contribution in [1.29, 1.82) is 0 Å². The van der Waals surface area contributed by atoms with E-state index in [1.807, 2.05) is 11.4 Å². The zero-order valence-electron chi connectivity index (χ0n) is 14.5. The topological polar surface area (TPSA) is 127 Å². The average molecular weight is 430 g/mol. The molecule has 0 unspecified atom stereocenters. The van der Waals surface area contributed by atoms with Gasteiger partial charge in [0.05, 0.1) is 22.0 Å². The van der Waals surface area contributed by atoms with Crippen LogP contribution in [0, 0.1) is 0 Å². The maximum Gasteiger partial charge on any atom is 0.242 e. The van der Waals surface area contributed by atoms with Crippen molar-refractivity contribution in [1.82, 2.24) is 4.90 Å². The molecule has 0 saturated heterocycles. The van der Waals surface area contributed by atoms with Crippen LogP contribution in [0.25, 0.3) is 0 Å². The largest absolute Gasteiger partial charge is 0.375 e. The van der Waals surface area contributed by atoms with E-state index in [0.717, 1.165) is 24.3 Å². The zero-order chi connectivity index (χ0) is 19.8. The minimum absolute atomic E-state index is 0.100. The first-order chi connectivity index (χ1) is 12.6. The van der Waals surface area contributed by atoms with Gasteiger partial charge in [-0.25, -0.2) is 22.0 Å². The van der Waals surface area contributed by atoms with Gasteiger partial charge >= 0.3 is 0 Å². The minimum atomic E-state index is -4.04. The van der Waals surface area contributed by atoms with E-state index in [1.165, 1.54) is 17.0 Å². The monoisotopic (exact) mass is 429 g/mol. The van der Waals surface area contributed by atoms with Gasteiger partial charge in [-0.3, -0.25) is 4.79 Å². The van der Waals surface area contributed by atoms with Crippen molar-refractivity contribution in [3.05, 3.63) is 40.1 Å². The fraction of sp³-hybridized carbons (Fsp3) is 0.312. The summed E-state index contributed by atoms with van der Waals surface area (Å²) in [5, 5.41) is 9.88. The molecule has 2 heterocycles. The second kappa shape index (κ2) is 7.23. The van der Waals surface area contributed by atoms with Crippen molar-refractivity contribution < 1.29 is 21.6 Å². The summed E-state index contributed by atoms with van der Waals surface area (Å²) in [6.07, 6.45) is 1.77. The first kappa shape index (κ1) is 19.8. The molecule has 1 aliphatic heterocycles. The number of hydrogen-bond donors (Lipinski definition) is 2. The molecular weight excluding hydrogens is 410 g/mol. The van der Waals surface area contributed by atoms with Gasteiger partial charge in [0.1, 0.15) is 0 Å². The van der Waals surface area contributed by atoms with Gasteiger partial charge < -0.3 is 10.2 Å². The molecule has 11 heteroatoms. The number of carbonyl (C=O) groups is 1. The molecule has 0 spiro atoms. The summed E-state index contributed by atoms with van der Waals surface area (Å²) in [6, 6.07) is 5.50. The zero-order valence-corrected chi connectivity index (χ0v) is 17.0. The number of nitrogens with two attached hydrogens (primary N) is 1. The summed E-state index contributed by atoms with van der Waals surface area (Å²) in [5.41, 5.74) is 1.29. The Morgan fingerprint density at radius 3 is 2.67 bits per heavy atom. The average Bonchev–Trinajstić information content (AvgIpc) is 3.05. The Labute approximate surface area is 162 Å². The van der Waals surface area contributed by atoms with Gasteiger partial charge in [-0.2, -0.15) is 0 Å². The van der Waals surface area contributed by atoms with Crippen LogP contribution in [0.4, 0.5) is 5.69 Å². The van der Waals surface area contributed by atoms with Crippen molar-refractivity contribution in [2.75, 3.05) is 24.7 Å². The van der Waals surface area contributed by atoms with E-state index in [4.69, 9.17) is 5.14 Å². The predicted molar refractivity (Wildman–Crippen MR) is 103 cm³/mol. The number of anilines is 1. The van der Waals surface area contributed by atoms with Gasteiger partial charge in [0.2, 0.25) is 15.9 Å². The van der Waals surface area contributed by atoms with Gasteiger partial charge in [-0.1, -0.05) is 0 Å². The maximum atomic E-state index is 12.5. The number of rotatable bonds is 5. The lowest BCUT2D eigenvalue weighted by atomic mass is 10.1. The van der Waals surface area contributed by atoms with Gasteiger partial charge in [-0.15, -0.1) is 11.3 Å². The van der Waals surface area contributed by atoms with E-state index in [1.54, 1.807) is 16.2 Å². The number of primary sulfonamides is 1. The lowest BCUT2D eigenvalue weighted by molar-refractivity contribution is -0.130. The number of benzene rings is 1. The normalized spacial score (nSPS) is 14.7. The third-order valence-electron chi connectivity index (χ3n) is 4.27. The Hall–Kier alpha value is -1.95. The third kappa shape index (κ3) is 4.49. The molecule has 0 saturated carbocycles. The molecule has 2 aromatic rings. The van der Waals surface area contributed by atoms with Gasteiger partial charge in [0, 0.05) is 24.2 Å². The molecule has 1 amide bonds. The van der Waals surface area contributed by atoms with Crippen LogP contribution in [0.15, 0.2) is 39.4 Å². The molecule has 0 atom stereocenters. The maximum absolute atomic E-state index is 12.5.